The summed E-state index contributed by atoms with van der Waals surface area (Å²) >= 11 is 6.23. The van der Waals surface area contributed by atoms with Crippen molar-refractivity contribution in [1.82, 2.24) is 0 Å². The van der Waals surface area contributed by atoms with E-state index in [0.717, 1.165) is 11.1 Å². The quantitative estimate of drug-likeness (QED) is 0.539. The second-order valence-corrected chi connectivity index (χ2v) is 9.40. The van der Waals surface area contributed by atoms with E-state index in [-0.39, 0.29) is 6.61 Å². The molecule has 5 nitrogen and oxygen atoms in total. The molecule has 33 heavy (non-hydrogen) atoms. The van der Waals surface area contributed by atoms with E-state index in [1.807, 2.05) is 56.3 Å². The number of benzene rings is 3. The number of hydrogen-bond donors (Lipinski definition) is 2. The van der Waals surface area contributed by atoms with Gasteiger partial charge in [-0.25, -0.2) is 0 Å². The van der Waals surface area contributed by atoms with Crippen LogP contribution >= 0.6 is 11.6 Å². The van der Waals surface area contributed by atoms with Gasteiger partial charge in [0.05, 0.1) is 5.56 Å². The molecule has 2 N–H and O–H groups in total. The van der Waals surface area contributed by atoms with Gasteiger partial charge in [-0.15, -0.1) is 0 Å². The van der Waals surface area contributed by atoms with Crippen LogP contribution in [-0.4, -0.2) is 22.4 Å². The molecular weight excluding hydrogens is 440 g/mol. The van der Waals surface area contributed by atoms with Crippen molar-refractivity contribution in [1.29, 1.82) is 0 Å². The van der Waals surface area contributed by atoms with Gasteiger partial charge in [-0.05, 0) is 55.8 Å². The van der Waals surface area contributed by atoms with Crippen molar-refractivity contribution in [2.24, 2.45) is 0 Å². The number of fused-ring (bicyclic) bond motifs is 3. The fourth-order valence-corrected chi connectivity index (χ4v) is 4.44. The second-order valence-electron chi connectivity index (χ2n) is 8.96. The summed E-state index contributed by atoms with van der Waals surface area (Å²) in [6.45, 7) is 4.08. The van der Waals surface area contributed by atoms with Gasteiger partial charge in [0.1, 0.15) is 42.2 Å². The summed E-state index contributed by atoms with van der Waals surface area (Å²) in [5.41, 5.74) is 0.470. The summed E-state index contributed by atoms with van der Waals surface area (Å²) in [5, 5.41) is 23.5. The minimum absolute atomic E-state index is 0.155. The third kappa shape index (κ3) is 3.97. The van der Waals surface area contributed by atoms with Crippen LogP contribution in [0.4, 0.5) is 0 Å². The smallest absolute Gasteiger partial charge is 0.157 e. The van der Waals surface area contributed by atoms with Crippen molar-refractivity contribution in [2.45, 2.75) is 37.8 Å². The Morgan fingerprint density at radius 3 is 2.67 bits per heavy atom. The van der Waals surface area contributed by atoms with E-state index < -0.39 is 17.3 Å². The maximum absolute atomic E-state index is 11.7. The maximum Gasteiger partial charge on any atom is 0.157 e. The largest absolute Gasteiger partial charge is 0.489 e. The van der Waals surface area contributed by atoms with Crippen LogP contribution in [0.3, 0.4) is 0 Å². The molecule has 3 aromatic carbocycles. The van der Waals surface area contributed by atoms with E-state index in [0.29, 0.717) is 40.0 Å². The van der Waals surface area contributed by atoms with Crippen LogP contribution in [0.25, 0.3) is 6.08 Å². The number of aliphatic hydroxyl groups excluding tert-OH is 1. The zero-order valence-electron chi connectivity index (χ0n) is 18.4. The van der Waals surface area contributed by atoms with Gasteiger partial charge in [-0.3, -0.25) is 0 Å². The summed E-state index contributed by atoms with van der Waals surface area (Å²) in [6, 6.07) is 18.2. The molecular formula is C27H25ClO5. The number of aliphatic hydroxyl groups is 2. The average molecular weight is 465 g/mol. The predicted octanol–water partition coefficient (Wildman–Crippen LogP) is 5.42. The van der Waals surface area contributed by atoms with Gasteiger partial charge < -0.3 is 24.4 Å². The van der Waals surface area contributed by atoms with Gasteiger partial charge in [0.15, 0.2) is 5.60 Å². The molecule has 6 heteroatoms. The van der Waals surface area contributed by atoms with Crippen molar-refractivity contribution in [3.63, 3.8) is 0 Å². The molecule has 0 saturated heterocycles. The minimum Gasteiger partial charge on any atom is -0.489 e. The zero-order valence-corrected chi connectivity index (χ0v) is 19.2. The van der Waals surface area contributed by atoms with Crippen molar-refractivity contribution in [3.05, 3.63) is 94.0 Å². The van der Waals surface area contributed by atoms with Gasteiger partial charge in [0.25, 0.3) is 0 Å². The van der Waals surface area contributed by atoms with Gasteiger partial charge >= 0.3 is 0 Å². The third-order valence-corrected chi connectivity index (χ3v) is 6.28. The van der Waals surface area contributed by atoms with Crippen LogP contribution < -0.4 is 14.2 Å². The Bertz CT molecular complexity index is 1220. The summed E-state index contributed by atoms with van der Waals surface area (Å²) in [5.74, 6) is 1.58. The van der Waals surface area contributed by atoms with E-state index >= 15 is 0 Å². The molecule has 0 amide bonds. The molecule has 2 unspecified atom stereocenters. The topological polar surface area (TPSA) is 68.2 Å². The molecule has 5 rings (SSSR count). The molecule has 2 aliphatic rings. The normalized spacial score (nSPS) is 22.5. The molecule has 2 aliphatic heterocycles. The van der Waals surface area contributed by atoms with Crippen LogP contribution in [0.5, 0.6) is 17.2 Å². The number of halogens is 1. The van der Waals surface area contributed by atoms with E-state index in [9.17, 15) is 10.2 Å². The summed E-state index contributed by atoms with van der Waals surface area (Å²) in [7, 11) is 0. The van der Waals surface area contributed by atoms with Gasteiger partial charge in [0.2, 0.25) is 0 Å². The lowest BCUT2D eigenvalue weighted by molar-refractivity contribution is -0.122. The number of ether oxygens (including phenoxy) is 3. The fraction of sp³-hybridized carbons (Fsp3) is 0.259. The lowest BCUT2D eigenvalue weighted by atomic mass is 9.81. The molecule has 0 spiro atoms. The monoisotopic (exact) mass is 464 g/mol. The van der Waals surface area contributed by atoms with Crippen molar-refractivity contribution >= 4 is 17.7 Å². The lowest BCUT2D eigenvalue weighted by Crippen LogP contribution is -2.43. The average Bonchev–Trinajstić information content (AvgIpc) is 2.80. The molecule has 0 radical (unpaired) electrons. The van der Waals surface area contributed by atoms with E-state index in [1.54, 1.807) is 30.3 Å². The van der Waals surface area contributed by atoms with Gasteiger partial charge in [-0.2, -0.15) is 0 Å². The standard InChI is InChI=1S/C27H25ClO5/c1-26(2)13-12-19-22(33-26)11-9-20-24(19)32-16-27(30,25(20)29)21-10-8-18(28)14-23(21)31-15-17-6-4-3-5-7-17/h3-14,25,29-30H,15-16H2,1-2H3. The molecule has 170 valence electrons. The first-order valence-electron chi connectivity index (χ1n) is 10.8. The molecule has 2 heterocycles. The Kier molecular flexibility index (Phi) is 5.36. The number of rotatable bonds is 4. The van der Waals surface area contributed by atoms with E-state index in [4.69, 9.17) is 25.8 Å². The summed E-state index contributed by atoms with van der Waals surface area (Å²) in [6.07, 6.45) is 2.64. The first-order valence-corrected chi connectivity index (χ1v) is 11.2. The molecule has 0 aromatic heterocycles. The SMILES string of the molecule is CC1(C)C=Cc2c(ccc3c2OCC(O)(c2ccc(Cl)cc2OCc2ccccc2)C3O)O1. The summed E-state index contributed by atoms with van der Waals surface area (Å²) < 4.78 is 18.1. The van der Waals surface area contributed by atoms with E-state index in [2.05, 4.69) is 0 Å². The Hall–Kier alpha value is -2.99. The molecule has 2 atom stereocenters. The predicted molar refractivity (Wildman–Crippen MR) is 127 cm³/mol. The Morgan fingerprint density at radius 2 is 1.88 bits per heavy atom. The van der Waals surface area contributed by atoms with Crippen LogP contribution in [0.15, 0.2) is 66.7 Å². The van der Waals surface area contributed by atoms with Crippen molar-refractivity contribution < 1.29 is 24.4 Å². The van der Waals surface area contributed by atoms with Crippen LogP contribution in [-0.2, 0) is 12.2 Å². The molecule has 3 aromatic rings. The Balaban J connectivity index is 1.50. The maximum atomic E-state index is 11.7. The third-order valence-electron chi connectivity index (χ3n) is 6.04. The van der Waals surface area contributed by atoms with Crippen molar-refractivity contribution in [2.75, 3.05) is 6.61 Å². The number of hydrogen-bond acceptors (Lipinski definition) is 5. The molecule has 0 fully saturated rings. The highest BCUT2D eigenvalue weighted by Crippen LogP contribution is 2.50. The van der Waals surface area contributed by atoms with Gasteiger partial charge in [-0.1, -0.05) is 48.0 Å². The summed E-state index contributed by atoms with van der Waals surface area (Å²) in [4.78, 5) is 0. The van der Waals surface area contributed by atoms with Crippen LogP contribution in [0.2, 0.25) is 5.02 Å². The van der Waals surface area contributed by atoms with E-state index in [1.165, 1.54) is 0 Å². The lowest BCUT2D eigenvalue weighted by Gasteiger charge is -2.40. The Labute approximate surface area is 197 Å². The van der Waals surface area contributed by atoms with Crippen molar-refractivity contribution in [3.8, 4) is 17.2 Å². The highest BCUT2D eigenvalue weighted by Gasteiger charge is 2.47. The molecule has 0 bridgehead atoms. The van der Waals surface area contributed by atoms with Crippen LogP contribution in [0, 0.1) is 0 Å². The Morgan fingerprint density at radius 1 is 1.09 bits per heavy atom. The fourth-order valence-electron chi connectivity index (χ4n) is 4.27. The first kappa shape index (κ1) is 21.8. The van der Waals surface area contributed by atoms with Crippen LogP contribution in [0.1, 0.15) is 42.2 Å². The highest BCUT2D eigenvalue weighted by molar-refractivity contribution is 6.30. The first-order chi connectivity index (χ1) is 15.8. The second kappa shape index (κ2) is 8.10. The van der Waals surface area contributed by atoms with Gasteiger partial charge in [0, 0.05) is 16.1 Å². The highest BCUT2D eigenvalue weighted by atomic mass is 35.5. The molecule has 0 aliphatic carbocycles. The molecule has 0 saturated carbocycles. The minimum atomic E-state index is -1.73. The zero-order chi connectivity index (χ0) is 23.2.